The number of azo groups is 1. The van der Waals surface area contributed by atoms with E-state index in [4.69, 9.17) is 0 Å². The Morgan fingerprint density at radius 1 is 1.11 bits per heavy atom. The molecule has 0 fully saturated rings. The van der Waals surface area contributed by atoms with Crippen LogP contribution in [-0.4, -0.2) is 0 Å². The van der Waals surface area contributed by atoms with Crippen LogP contribution < -0.4 is 0 Å². The summed E-state index contributed by atoms with van der Waals surface area (Å²) in [7, 11) is 0. The third-order valence-corrected chi connectivity index (χ3v) is 1.41. The molecule has 0 radical (unpaired) electrons. The maximum atomic E-state index is 4.00. The molecule has 0 heterocycles. The largest absolute Gasteiger partial charge is 0.151 e. The Morgan fingerprint density at radius 3 is 2.06 bits per heavy atom. The molecular formula is C16H24N2. The predicted molar refractivity (Wildman–Crippen MR) is 82.1 cm³/mol. The summed E-state index contributed by atoms with van der Waals surface area (Å²) in [4.78, 5) is 0. The van der Waals surface area contributed by atoms with Gasteiger partial charge >= 0.3 is 0 Å². The smallest absolute Gasteiger partial charge is 0.0857 e. The SMILES string of the molecule is C=C(/C=C\C)N=Nc1ccccc1.C=CC.CC. The van der Waals surface area contributed by atoms with Crippen LogP contribution in [-0.2, 0) is 0 Å². The maximum absolute atomic E-state index is 4.00. The van der Waals surface area contributed by atoms with Gasteiger partial charge in [0.1, 0.15) is 0 Å². The quantitative estimate of drug-likeness (QED) is 0.350. The zero-order chi connectivity index (χ0) is 14.2. The summed E-state index contributed by atoms with van der Waals surface area (Å²) < 4.78 is 0. The minimum atomic E-state index is 0.659. The molecule has 0 N–H and O–H groups in total. The van der Waals surface area contributed by atoms with Gasteiger partial charge in [0, 0.05) is 0 Å². The molecule has 0 saturated heterocycles. The minimum absolute atomic E-state index is 0.659. The Bertz CT molecular complexity index is 362. The summed E-state index contributed by atoms with van der Waals surface area (Å²) in [6, 6.07) is 9.58. The van der Waals surface area contributed by atoms with E-state index >= 15 is 0 Å². The standard InChI is InChI=1S/C11H12N2.C3H6.C2H6/c1-3-7-10(2)12-13-11-8-5-4-6-9-11;1-3-2;1-2/h3-9H,2H2,1H3;3H,1H2,2H3;1-2H3/b7-3-,13-12?;;. The molecule has 0 saturated carbocycles. The van der Waals surface area contributed by atoms with Crippen LogP contribution in [0.3, 0.4) is 0 Å². The summed E-state index contributed by atoms with van der Waals surface area (Å²) in [5, 5.41) is 7.93. The molecule has 18 heavy (non-hydrogen) atoms. The van der Waals surface area contributed by atoms with Crippen molar-refractivity contribution in [2.24, 2.45) is 10.2 Å². The monoisotopic (exact) mass is 244 g/mol. The molecule has 0 spiro atoms. The van der Waals surface area contributed by atoms with Gasteiger partial charge in [0.15, 0.2) is 0 Å². The Kier molecular flexibility index (Phi) is 15.4. The van der Waals surface area contributed by atoms with Gasteiger partial charge in [-0.3, -0.25) is 0 Å². The molecular weight excluding hydrogens is 220 g/mol. The highest BCUT2D eigenvalue weighted by Crippen LogP contribution is 2.11. The van der Waals surface area contributed by atoms with E-state index in [0.717, 1.165) is 5.69 Å². The first kappa shape index (κ1) is 18.4. The van der Waals surface area contributed by atoms with Gasteiger partial charge in [-0.25, -0.2) is 0 Å². The third kappa shape index (κ3) is 12.1. The van der Waals surface area contributed by atoms with E-state index in [1.807, 2.05) is 70.2 Å². The molecule has 1 aromatic carbocycles. The van der Waals surface area contributed by atoms with Crippen molar-refractivity contribution in [3.05, 3.63) is 67.4 Å². The van der Waals surface area contributed by atoms with Gasteiger partial charge in [-0.1, -0.05) is 50.8 Å². The van der Waals surface area contributed by atoms with Gasteiger partial charge in [-0.05, 0) is 32.1 Å². The van der Waals surface area contributed by atoms with Gasteiger partial charge in [0.2, 0.25) is 0 Å². The molecule has 0 aliphatic rings. The molecule has 2 nitrogen and oxygen atoms in total. The second-order valence-electron chi connectivity index (χ2n) is 2.94. The number of hydrogen-bond donors (Lipinski definition) is 0. The maximum Gasteiger partial charge on any atom is 0.0857 e. The molecule has 0 aliphatic carbocycles. The second-order valence-corrected chi connectivity index (χ2v) is 2.94. The van der Waals surface area contributed by atoms with E-state index in [-0.39, 0.29) is 0 Å². The van der Waals surface area contributed by atoms with Crippen LogP contribution >= 0.6 is 0 Å². The van der Waals surface area contributed by atoms with Crippen molar-refractivity contribution in [1.29, 1.82) is 0 Å². The normalized spacial score (nSPS) is 9.11. The van der Waals surface area contributed by atoms with Gasteiger partial charge < -0.3 is 0 Å². The lowest BCUT2D eigenvalue weighted by atomic mass is 10.3. The average molecular weight is 244 g/mol. The zero-order valence-corrected chi connectivity index (χ0v) is 11.9. The second kappa shape index (κ2) is 15.0. The van der Waals surface area contributed by atoms with Crippen molar-refractivity contribution in [3.63, 3.8) is 0 Å². The van der Waals surface area contributed by atoms with Crippen LogP contribution in [0.1, 0.15) is 27.7 Å². The molecule has 1 rings (SSSR count). The van der Waals surface area contributed by atoms with Gasteiger partial charge in [0.05, 0.1) is 11.4 Å². The summed E-state index contributed by atoms with van der Waals surface area (Å²) in [6.45, 7) is 14.9. The van der Waals surface area contributed by atoms with E-state index in [1.165, 1.54) is 0 Å². The Balaban J connectivity index is 0. The Morgan fingerprint density at radius 2 is 1.61 bits per heavy atom. The summed E-state index contributed by atoms with van der Waals surface area (Å²) in [5.41, 5.74) is 1.50. The van der Waals surface area contributed by atoms with Crippen molar-refractivity contribution in [3.8, 4) is 0 Å². The summed E-state index contributed by atoms with van der Waals surface area (Å²) in [6.07, 6.45) is 5.44. The van der Waals surface area contributed by atoms with Crippen LogP contribution in [0.4, 0.5) is 5.69 Å². The first-order chi connectivity index (χ1) is 8.74. The highest BCUT2D eigenvalue weighted by molar-refractivity contribution is 5.35. The van der Waals surface area contributed by atoms with E-state index < -0.39 is 0 Å². The van der Waals surface area contributed by atoms with Gasteiger partial charge in [-0.15, -0.1) is 6.58 Å². The van der Waals surface area contributed by atoms with Crippen molar-refractivity contribution in [2.75, 3.05) is 0 Å². The lowest BCUT2D eigenvalue weighted by Gasteiger charge is -1.89. The number of hydrogen-bond acceptors (Lipinski definition) is 2. The fourth-order valence-corrected chi connectivity index (χ4v) is 0.842. The highest BCUT2D eigenvalue weighted by Gasteiger charge is 1.84. The number of allylic oxidation sites excluding steroid dienone is 3. The number of rotatable bonds is 3. The lowest BCUT2D eigenvalue weighted by molar-refractivity contribution is 1.18. The first-order valence-corrected chi connectivity index (χ1v) is 6.10. The molecule has 0 unspecified atom stereocenters. The molecule has 0 aromatic heterocycles. The average Bonchev–Trinajstić information content (AvgIpc) is 2.41. The Labute approximate surface area is 111 Å². The molecule has 98 valence electrons. The van der Waals surface area contributed by atoms with Gasteiger partial charge in [-0.2, -0.15) is 10.2 Å². The van der Waals surface area contributed by atoms with Gasteiger partial charge in [0.25, 0.3) is 0 Å². The fourth-order valence-electron chi connectivity index (χ4n) is 0.842. The topological polar surface area (TPSA) is 24.7 Å². The predicted octanol–water partition coefficient (Wildman–Crippen LogP) is 6.08. The molecule has 0 bridgehead atoms. The summed E-state index contributed by atoms with van der Waals surface area (Å²) in [5.74, 6) is 0. The third-order valence-electron chi connectivity index (χ3n) is 1.41. The molecule has 0 aliphatic heterocycles. The van der Waals surface area contributed by atoms with E-state index in [2.05, 4.69) is 23.4 Å². The van der Waals surface area contributed by atoms with E-state index in [1.54, 1.807) is 6.08 Å². The van der Waals surface area contributed by atoms with E-state index in [0.29, 0.717) is 5.70 Å². The van der Waals surface area contributed by atoms with Crippen molar-refractivity contribution in [2.45, 2.75) is 27.7 Å². The van der Waals surface area contributed by atoms with Crippen LogP contribution in [0.5, 0.6) is 0 Å². The Hall–Kier alpha value is -1.96. The number of nitrogens with zero attached hydrogens (tertiary/aromatic N) is 2. The van der Waals surface area contributed by atoms with Crippen molar-refractivity contribution >= 4 is 5.69 Å². The van der Waals surface area contributed by atoms with Crippen LogP contribution in [0, 0.1) is 0 Å². The fraction of sp³-hybridized carbons (Fsp3) is 0.250. The van der Waals surface area contributed by atoms with Crippen molar-refractivity contribution < 1.29 is 0 Å². The van der Waals surface area contributed by atoms with E-state index in [9.17, 15) is 0 Å². The van der Waals surface area contributed by atoms with Crippen LogP contribution in [0.15, 0.2) is 77.6 Å². The highest BCUT2D eigenvalue weighted by atomic mass is 15.1. The lowest BCUT2D eigenvalue weighted by Crippen LogP contribution is -1.65. The minimum Gasteiger partial charge on any atom is -0.151 e. The number of benzene rings is 1. The molecule has 0 atom stereocenters. The van der Waals surface area contributed by atoms with Crippen LogP contribution in [0.2, 0.25) is 0 Å². The molecule has 0 amide bonds. The molecule has 1 aromatic rings. The molecule has 2 heteroatoms. The zero-order valence-electron chi connectivity index (χ0n) is 11.9. The summed E-state index contributed by atoms with van der Waals surface area (Å²) >= 11 is 0. The first-order valence-electron chi connectivity index (χ1n) is 6.10. The van der Waals surface area contributed by atoms with Crippen LogP contribution in [0.25, 0.3) is 0 Å². The van der Waals surface area contributed by atoms with Crippen molar-refractivity contribution in [1.82, 2.24) is 0 Å².